The Morgan fingerprint density at radius 3 is 2.33 bits per heavy atom. The molecule has 1 aliphatic rings. The molecule has 2 nitrogen and oxygen atoms in total. The average Bonchev–Trinajstić information content (AvgIpc) is 1.61. The van der Waals surface area contributed by atoms with Crippen molar-refractivity contribution in [1.82, 2.24) is 0 Å². The van der Waals surface area contributed by atoms with Crippen LogP contribution in [0.15, 0.2) is 12.3 Å². The van der Waals surface area contributed by atoms with Gasteiger partial charge < -0.3 is 4.74 Å². The molecule has 0 aromatic heterocycles. The van der Waals surface area contributed by atoms with Crippen molar-refractivity contribution in [2.45, 2.75) is 0 Å². The van der Waals surface area contributed by atoms with Crippen molar-refractivity contribution >= 4 is 5.71 Å². The second kappa shape index (κ2) is 0.834. The van der Waals surface area contributed by atoms with Crippen LogP contribution < -0.4 is 0 Å². The monoisotopic (exact) mass is 83.0 g/mol. The summed E-state index contributed by atoms with van der Waals surface area (Å²) in [7, 11) is 0. The molecule has 0 aromatic carbocycles. The maximum absolute atomic E-state index is 6.81. The molecule has 0 atom stereocenters. The topological polar surface area (TPSA) is 33.1 Å². The molecule has 0 bridgehead atoms. The Labute approximate surface area is 35.9 Å². The van der Waals surface area contributed by atoms with Gasteiger partial charge in [-0.2, -0.15) is 0 Å². The second-order valence-corrected chi connectivity index (χ2v) is 1.19. The average molecular weight is 83.1 g/mol. The molecule has 1 rings (SSSR count). The zero-order valence-corrected chi connectivity index (χ0v) is 3.32. The molecule has 32 valence electrons. The Balaban J connectivity index is 2.61. The maximum atomic E-state index is 6.81. The standard InChI is InChI=1S/C4H5NO/c1-3-4(5)2-6-3/h5H,1-2H2. The van der Waals surface area contributed by atoms with Crippen LogP contribution in [0.2, 0.25) is 0 Å². The normalized spacial score (nSPS) is 19.3. The van der Waals surface area contributed by atoms with E-state index in [0.29, 0.717) is 18.1 Å². The first-order valence-corrected chi connectivity index (χ1v) is 1.70. The van der Waals surface area contributed by atoms with E-state index < -0.39 is 0 Å². The molecule has 0 radical (unpaired) electrons. The van der Waals surface area contributed by atoms with E-state index in [2.05, 4.69) is 11.3 Å². The van der Waals surface area contributed by atoms with Gasteiger partial charge in [0.2, 0.25) is 0 Å². The second-order valence-electron chi connectivity index (χ2n) is 1.19. The Hall–Kier alpha value is -0.790. The van der Waals surface area contributed by atoms with Crippen LogP contribution >= 0.6 is 0 Å². The van der Waals surface area contributed by atoms with E-state index in [1.165, 1.54) is 0 Å². The van der Waals surface area contributed by atoms with Gasteiger partial charge in [-0.3, -0.25) is 5.41 Å². The van der Waals surface area contributed by atoms with Crippen LogP contribution in [0.1, 0.15) is 0 Å². The molecule has 1 N–H and O–H groups in total. The summed E-state index contributed by atoms with van der Waals surface area (Å²) in [4.78, 5) is 0. The number of rotatable bonds is 0. The van der Waals surface area contributed by atoms with Crippen LogP contribution in [0.3, 0.4) is 0 Å². The predicted molar refractivity (Wildman–Crippen MR) is 22.8 cm³/mol. The summed E-state index contributed by atoms with van der Waals surface area (Å²) in [6, 6.07) is 0. The van der Waals surface area contributed by atoms with Crippen molar-refractivity contribution in [2.75, 3.05) is 6.61 Å². The smallest absolute Gasteiger partial charge is 0.137 e. The largest absolute Gasteiger partial charge is 0.486 e. The number of hydrogen-bond acceptors (Lipinski definition) is 2. The lowest BCUT2D eigenvalue weighted by Gasteiger charge is -2.17. The van der Waals surface area contributed by atoms with Gasteiger partial charge >= 0.3 is 0 Å². The maximum Gasteiger partial charge on any atom is 0.137 e. The minimum atomic E-state index is 0.457. The number of nitrogens with one attached hydrogen (secondary N) is 1. The first-order valence-electron chi connectivity index (χ1n) is 1.70. The van der Waals surface area contributed by atoms with Crippen LogP contribution in [0, 0.1) is 5.41 Å². The SMILES string of the molecule is C=C1OCC1=N. The highest BCUT2D eigenvalue weighted by molar-refractivity contribution is 6.00. The van der Waals surface area contributed by atoms with Gasteiger partial charge in [0.1, 0.15) is 18.1 Å². The van der Waals surface area contributed by atoms with E-state index in [-0.39, 0.29) is 0 Å². The van der Waals surface area contributed by atoms with Gasteiger partial charge in [0, 0.05) is 0 Å². The van der Waals surface area contributed by atoms with Gasteiger partial charge in [0.25, 0.3) is 0 Å². The molecular weight excluding hydrogens is 78.0 g/mol. The third-order valence-electron chi connectivity index (χ3n) is 0.727. The lowest BCUT2D eigenvalue weighted by Crippen LogP contribution is -2.22. The highest BCUT2D eigenvalue weighted by atomic mass is 16.5. The Morgan fingerprint density at radius 2 is 2.33 bits per heavy atom. The molecule has 0 aromatic rings. The van der Waals surface area contributed by atoms with E-state index in [9.17, 15) is 0 Å². The van der Waals surface area contributed by atoms with E-state index in [1.54, 1.807) is 0 Å². The molecule has 1 fully saturated rings. The summed E-state index contributed by atoms with van der Waals surface area (Å²) in [5.74, 6) is 0.523. The molecule has 0 unspecified atom stereocenters. The lowest BCUT2D eigenvalue weighted by molar-refractivity contribution is 0.232. The molecule has 0 spiro atoms. The molecule has 0 aliphatic carbocycles. The fourth-order valence-corrected chi connectivity index (χ4v) is 0.246. The Kier molecular flexibility index (Phi) is 0.473. The fraction of sp³-hybridized carbons (Fsp3) is 0.250. The lowest BCUT2D eigenvalue weighted by atomic mass is 10.3. The minimum Gasteiger partial charge on any atom is -0.486 e. The summed E-state index contributed by atoms with van der Waals surface area (Å²) in [5, 5.41) is 6.81. The van der Waals surface area contributed by atoms with Crippen LogP contribution in [0.4, 0.5) is 0 Å². The van der Waals surface area contributed by atoms with Crippen LogP contribution in [-0.2, 0) is 4.74 Å². The first kappa shape index (κ1) is 3.40. The summed E-state index contributed by atoms with van der Waals surface area (Å²) in [5.41, 5.74) is 0.523. The van der Waals surface area contributed by atoms with Crippen molar-refractivity contribution in [2.24, 2.45) is 0 Å². The van der Waals surface area contributed by atoms with Crippen molar-refractivity contribution in [3.8, 4) is 0 Å². The highest BCUT2D eigenvalue weighted by Gasteiger charge is 2.13. The van der Waals surface area contributed by atoms with Gasteiger partial charge in [0.05, 0.1) is 0 Å². The van der Waals surface area contributed by atoms with Gasteiger partial charge in [0.15, 0.2) is 0 Å². The third-order valence-corrected chi connectivity index (χ3v) is 0.727. The highest BCUT2D eigenvalue weighted by Crippen LogP contribution is 2.06. The number of hydrogen-bond donors (Lipinski definition) is 1. The fourth-order valence-electron chi connectivity index (χ4n) is 0.246. The molecule has 2 heteroatoms. The van der Waals surface area contributed by atoms with E-state index >= 15 is 0 Å². The predicted octanol–water partition coefficient (Wildman–Crippen LogP) is 0.550. The molecule has 1 aliphatic heterocycles. The quantitative estimate of drug-likeness (QED) is 0.455. The van der Waals surface area contributed by atoms with E-state index in [1.807, 2.05) is 0 Å². The summed E-state index contributed by atoms with van der Waals surface area (Å²) >= 11 is 0. The van der Waals surface area contributed by atoms with Crippen LogP contribution in [0.25, 0.3) is 0 Å². The van der Waals surface area contributed by atoms with Crippen LogP contribution in [-0.4, -0.2) is 12.3 Å². The zero-order chi connectivity index (χ0) is 4.57. The van der Waals surface area contributed by atoms with Gasteiger partial charge in [-0.15, -0.1) is 0 Å². The molecule has 1 heterocycles. The van der Waals surface area contributed by atoms with Gasteiger partial charge in [-0.25, -0.2) is 0 Å². The zero-order valence-electron chi connectivity index (χ0n) is 3.32. The summed E-state index contributed by atoms with van der Waals surface area (Å²) in [6.45, 7) is 3.85. The molecule has 0 saturated carbocycles. The number of ether oxygens (including phenoxy) is 1. The van der Waals surface area contributed by atoms with E-state index in [4.69, 9.17) is 5.41 Å². The summed E-state index contributed by atoms with van der Waals surface area (Å²) < 4.78 is 4.62. The molecule has 0 amide bonds. The van der Waals surface area contributed by atoms with E-state index in [0.717, 1.165) is 0 Å². The molecule has 6 heavy (non-hydrogen) atoms. The third kappa shape index (κ3) is 0.233. The first-order chi connectivity index (χ1) is 2.80. The molecule has 1 saturated heterocycles. The van der Waals surface area contributed by atoms with Crippen LogP contribution in [0.5, 0.6) is 0 Å². The minimum absolute atomic E-state index is 0.457. The Morgan fingerprint density at radius 1 is 1.83 bits per heavy atom. The van der Waals surface area contributed by atoms with Crippen molar-refractivity contribution in [3.63, 3.8) is 0 Å². The van der Waals surface area contributed by atoms with Crippen molar-refractivity contribution in [1.29, 1.82) is 5.41 Å². The van der Waals surface area contributed by atoms with Gasteiger partial charge in [-0.1, -0.05) is 6.58 Å². The van der Waals surface area contributed by atoms with Gasteiger partial charge in [-0.05, 0) is 0 Å². The van der Waals surface area contributed by atoms with Crippen molar-refractivity contribution < 1.29 is 4.74 Å². The molecular formula is C4H5NO. The van der Waals surface area contributed by atoms with Crippen molar-refractivity contribution in [3.05, 3.63) is 12.3 Å². The summed E-state index contributed by atoms with van der Waals surface area (Å²) in [6.07, 6.45) is 0. The Bertz CT molecular complexity index is 92.1.